The van der Waals surface area contributed by atoms with Gasteiger partial charge in [-0.25, -0.2) is 4.21 Å². The highest BCUT2D eigenvalue weighted by Gasteiger charge is 2.02. The molecule has 0 fully saturated rings. The zero-order valence-electron chi connectivity index (χ0n) is 9.01. The van der Waals surface area contributed by atoms with E-state index in [0.717, 1.165) is 5.75 Å². The van der Waals surface area contributed by atoms with Crippen LogP contribution in [-0.2, 0) is 20.3 Å². The molecule has 0 saturated carbocycles. The Hall–Kier alpha value is -0.320. The summed E-state index contributed by atoms with van der Waals surface area (Å²) in [6.45, 7) is 3.89. The third kappa shape index (κ3) is 5.97. The van der Waals surface area contributed by atoms with Crippen molar-refractivity contribution in [2.24, 2.45) is 0 Å². The van der Waals surface area contributed by atoms with Gasteiger partial charge in [0, 0.05) is 5.75 Å². The molecule has 0 bridgehead atoms. The summed E-state index contributed by atoms with van der Waals surface area (Å²) in [5.41, 5.74) is 1.19. The second-order valence-electron chi connectivity index (χ2n) is 3.38. The monoisotopic (exact) mass is 244 g/mol. The molecule has 4 heteroatoms. The zero-order chi connectivity index (χ0) is 11.1. The fraction of sp³-hybridized carbons (Fsp3) is 0.455. The standard InChI is InChI=1S/C11H16O2S2/c1-10(2)13-9-15(12)14-8-11-6-4-3-5-7-11/h3-7,10H,8-9H2,1-2H3. The molecule has 15 heavy (non-hydrogen) atoms. The van der Waals surface area contributed by atoms with Gasteiger partial charge >= 0.3 is 0 Å². The number of hydrogen-bond acceptors (Lipinski definition) is 3. The van der Waals surface area contributed by atoms with Crippen LogP contribution in [-0.4, -0.2) is 16.3 Å². The second kappa shape index (κ2) is 7.04. The van der Waals surface area contributed by atoms with Crippen molar-refractivity contribution >= 4 is 20.6 Å². The van der Waals surface area contributed by atoms with E-state index in [4.69, 9.17) is 4.74 Å². The summed E-state index contributed by atoms with van der Waals surface area (Å²) in [7, 11) is 0.472. The Labute approximate surface area is 97.3 Å². The van der Waals surface area contributed by atoms with Gasteiger partial charge < -0.3 is 4.74 Å². The average Bonchev–Trinajstić information content (AvgIpc) is 2.25. The van der Waals surface area contributed by atoms with E-state index in [1.165, 1.54) is 16.4 Å². The predicted molar refractivity (Wildman–Crippen MR) is 67.0 cm³/mol. The summed E-state index contributed by atoms with van der Waals surface area (Å²) in [5.74, 6) is 1.09. The van der Waals surface area contributed by atoms with Crippen molar-refractivity contribution in [2.45, 2.75) is 25.7 Å². The van der Waals surface area contributed by atoms with Crippen LogP contribution in [0, 0.1) is 0 Å². The van der Waals surface area contributed by atoms with E-state index in [1.807, 2.05) is 44.2 Å². The highest BCUT2D eigenvalue weighted by Crippen LogP contribution is 2.16. The first-order valence-corrected chi connectivity index (χ1v) is 7.68. The first kappa shape index (κ1) is 12.7. The van der Waals surface area contributed by atoms with Crippen LogP contribution in [0.4, 0.5) is 0 Å². The van der Waals surface area contributed by atoms with Gasteiger partial charge in [-0.3, -0.25) is 0 Å². The van der Waals surface area contributed by atoms with Crippen molar-refractivity contribution < 1.29 is 8.95 Å². The Morgan fingerprint density at radius 3 is 2.60 bits per heavy atom. The Kier molecular flexibility index (Phi) is 5.98. The van der Waals surface area contributed by atoms with Crippen molar-refractivity contribution in [3.8, 4) is 0 Å². The number of ether oxygens (including phenoxy) is 1. The Morgan fingerprint density at radius 1 is 1.33 bits per heavy atom. The normalized spacial score (nSPS) is 13.0. The maximum Gasteiger partial charge on any atom is 0.132 e. The van der Waals surface area contributed by atoms with E-state index in [2.05, 4.69) is 0 Å². The van der Waals surface area contributed by atoms with Crippen molar-refractivity contribution in [2.75, 3.05) is 5.94 Å². The maximum atomic E-state index is 11.5. The molecule has 0 heterocycles. The van der Waals surface area contributed by atoms with Crippen LogP contribution in [0.1, 0.15) is 19.4 Å². The molecule has 1 unspecified atom stereocenters. The highest BCUT2D eigenvalue weighted by atomic mass is 33.1. The smallest absolute Gasteiger partial charge is 0.132 e. The lowest BCUT2D eigenvalue weighted by atomic mass is 10.2. The van der Waals surface area contributed by atoms with Crippen LogP contribution in [0.15, 0.2) is 30.3 Å². The van der Waals surface area contributed by atoms with Crippen molar-refractivity contribution in [1.82, 2.24) is 0 Å². The van der Waals surface area contributed by atoms with Gasteiger partial charge in [-0.2, -0.15) is 0 Å². The molecule has 0 radical (unpaired) electrons. The van der Waals surface area contributed by atoms with Gasteiger partial charge in [0.05, 0.1) is 6.10 Å². The Balaban J connectivity index is 2.23. The lowest BCUT2D eigenvalue weighted by Gasteiger charge is -2.06. The summed E-state index contributed by atoms with van der Waals surface area (Å²) in [4.78, 5) is 0. The largest absolute Gasteiger partial charge is 0.365 e. The molecule has 1 rings (SSSR count). The van der Waals surface area contributed by atoms with E-state index in [0.29, 0.717) is 5.94 Å². The fourth-order valence-corrected chi connectivity index (χ4v) is 3.02. The van der Waals surface area contributed by atoms with Crippen LogP contribution in [0.25, 0.3) is 0 Å². The second-order valence-corrected chi connectivity index (χ2v) is 6.57. The van der Waals surface area contributed by atoms with Gasteiger partial charge in [0.1, 0.15) is 15.8 Å². The summed E-state index contributed by atoms with van der Waals surface area (Å²) in [6, 6.07) is 10.0. The van der Waals surface area contributed by atoms with Crippen LogP contribution in [0.2, 0.25) is 0 Å². The van der Waals surface area contributed by atoms with E-state index >= 15 is 0 Å². The minimum atomic E-state index is -0.947. The summed E-state index contributed by atoms with van der Waals surface area (Å²) >= 11 is 0. The van der Waals surface area contributed by atoms with Gasteiger partial charge in [0.25, 0.3) is 0 Å². The SMILES string of the molecule is CC(C)OCS(=O)SCc1ccccc1. The van der Waals surface area contributed by atoms with Gasteiger partial charge in [0.15, 0.2) is 0 Å². The molecule has 0 saturated heterocycles. The van der Waals surface area contributed by atoms with Gasteiger partial charge in [0.2, 0.25) is 0 Å². The summed E-state index contributed by atoms with van der Waals surface area (Å²) < 4.78 is 16.7. The molecule has 1 aromatic rings. The molecular formula is C11H16O2S2. The topological polar surface area (TPSA) is 26.3 Å². The van der Waals surface area contributed by atoms with Gasteiger partial charge in [-0.05, 0) is 19.4 Å². The Morgan fingerprint density at radius 2 is 2.00 bits per heavy atom. The number of benzene rings is 1. The van der Waals surface area contributed by atoms with Crippen LogP contribution in [0.3, 0.4) is 0 Å². The first-order chi connectivity index (χ1) is 7.18. The maximum absolute atomic E-state index is 11.5. The molecule has 0 N–H and O–H groups in total. The molecule has 0 aliphatic carbocycles. The minimum absolute atomic E-state index is 0.145. The molecule has 0 aliphatic rings. The van der Waals surface area contributed by atoms with Crippen LogP contribution >= 0.6 is 10.8 Å². The van der Waals surface area contributed by atoms with E-state index in [9.17, 15) is 4.21 Å². The summed E-state index contributed by atoms with van der Waals surface area (Å²) in [6.07, 6.45) is 0.145. The molecular weight excluding hydrogens is 228 g/mol. The van der Waals surface area contributed by atoms with E-state index in [-0.39, 0.29) is 6.10 Å². The molecule has 0 spiro atoms. The fourth-order valence-electron chi connectivity index (χ4n) is 0.934. The lowest BCUT2D eigenvalue weighted by molar-refractivity contribution is 0.119. The molecule has 2 nitrogen and oxygen atoms in total. The predicted octanol–water partition coefficient (Wildman–Crippen LogP) is 2.97. The quantitative estimate of drug-likeness (QED) is 0.720. The summed E-state index contributed by atoms with van der Waals surface area (Å²) in [5, 5.41) is 0. The highest BCUT2D eigenvalue weighted by molar-refractivity contribution is 8.68. The zero-order valence-corrected chi connectivity index (χ0v) is 10.6. The van der Waals surface area contributed by atoms with Crippen molar-refractivity contribution in [1.29, 1.82) is 0 Å². The van der Waals surface area contributed by atoms with E-state index in [1.54, 1.807) is 0 Å². The molecule has 0 amide bonds. The number of hydrogen-bond donors (Lipinski definition) is 0. The first-order valence-electron chi connectivity index (χ1n) is 4.85. The molecule has 0 aliphatic heterocycles. The number of rotatable bonds is 6. The van der Waals surface area contributed by atoms with Gasteiger partial charge in [-0.15, -0.1) is 0 Å². The van der Waals surface area contributed by atoms with E-state index < -0.39 is 9.83 Å². The lowest BCUT2D eigenvalue weighted by Crippen LogP contribution is -2.06. The average molecular weight is 244 g/mol. The molecule has 1 aromatic carbocycles. The third-order valence-corrected chi connectivity index (χ3v) is 4.17. The van der Waals surface area contributed by atoms with Crippen molar-refractivity contribution in [3.05, 3.63) is 35.9 Å². The van der Waals surface area contributed by atoms with Crippen molar-refractivity contribution in [3.63, 3.8) is 0 Å². The molecule has 84 valence electrons. The van der Waals surface area contributed by atoms with Crippen LogP contribution < -0.4 is 0 Å². The van der Waals surface area contributed by atoms with Gasteiger partial charge in [-0.1, -0.05) is 41.1 Å². The minimum Gasteiger partial charge on any atom is -0.365 e. The van der Waals surface area contributed by atoms with Crippen LogP contribution in [0.5, 0.6) is 0 Å². The third-order valence-electron chi connectivity index (χ3n) is 1.70. The molecule has 0 aromatic heterocycles. The molecule has 1 atom stereocenters. The Bertz CT molecular complexity index is 299.